The fourth-order valence-corrected chi connectivity index (χ4v) is 2.54. The number of nitrogens with zero attached hydrogens (tertiary/aromatic N) is 1. The number of ether oxygens (including phenoxy) is 2. The monoisotopic (exact) mass is 293 g/mol. The van der Waals surface area contributed by atoms with E-state index in [1.807, 2.05) is 0 Å². The normalized spacial score (nSPS) is 16.8. The molecule has 0 atom stereocenters. The van der Waals surface area contributed by atoms with E-state index in [2.05, 4.69) is 4.90 Å². The van der Waals surface area contributed by atoms with Crippen molar-refractivity contribution in [2.24, 2.45) is 0 Å². The van der Waals surface area contributed by atoms with Crippen molar-refractivity contribution in [3.05, 3.63) is 29.8 Å². The van der Waals surface area contributed by atoms with Crippen molar-refractivity contribution in [2.45, 2.75) is 25.4 Å². The molecule has 116 valence electrons. The van der Waals surface area contributed by atoms with E-state index >= 15 is 0 Å². The van der Waals surface area contributed by atoms with Gasteiger partial charge in [0, 0.05) is 26.7 Å². The van der Waals surface area contributed by atoms with Gasteiger partial charge < -0.3 is 19.5 Å². The molecule has 1 aromatic rings. The number of carboxylic acid groups (broad SMARTS) is 1. The average Bonchev–Trinajstić information content (AvgIpc) is 2.52. The predicted octanol–water partition coefficient (Wildman–Crippen LogP) is 2.26. The van der Waals surface area contributed by atoms with Crippen LogP contribution in [0.15, 0.2) is 24.3 Å². The summed E-state index contributed by atoms with van der Waals surface area (Å²) in [7, 11) is 1.78. The molecule has 0 aromatic heterocycles. The van der Waals surface area contributed by atoms with Gasteiger partial charge in [-0.15, -0.1) is 0 Å². The summed E-state index contributed by atoms with van der Waals surface area (Å²) in [5.41, 5.74) is 0.281. The minimum absolute atomic E-state index is 0.281. The van der Waals surface area contributed by atoms with Crippen molar-refractivity contribution in [1.82, 2.24) is 4.90 Å². The number of likely N-dealkylation sites (tertiary alicyclic amines) is 1. The summed E-state index contributed by atoms with van der Waals surface area (Å²) in [6.07, 6.45) is 3.60. The first-order valence-corrected chi connectivity index (χ1v) is 7.40. The third kappa shape index (κ3) is 5.02. The van der Waals surface area contributed by atoms with Crippen LogP contribution in [0.1, 0.15) is 29.6 Å². The third-order valence-electron chi connectivity index (χ3n) is 3.86. The highest BCUT2D eigenvalue weighted by atomic mass is 16.5. The maximum absolute atomic E-state index is 10.7. The molecule has 1 N–H and O–H groups in total. The van der Waals surface area contributed by atoms with Gasteiger partial charge in [0.25, 0.3) is 0 Å². The number of hydrogen-bond acceptors (Lipinski definition) is 4. The van der Waals surface area contributed by atoms with E-state index in [1.165, 1.54) is 0 Å². The molecule has 5 nitrogen and oxygen atoms in total. The largest absolute Gasteiger partial charge is 0.494 e. The Morgan fingerprint density at radius 3 is 2.52 bits per heavy atom. The van der Waals surface area contributed by atoms with Gasteiger partial charge in [0.1, 0.15) is 5.75 Å². The summed E-state index contributed by atoms with van der Waals surface area (Å²) in [5, 5.41) is 8.82. The Hall–Kier alpha value is -1.59. The minimum Gasteiger partial charge on any atom is -0.494 e. The number of carbonyl (C=O) groups is 1. The van der Waals surface area contributed by atoms with E-state index in [4.69, 9.17) is 14.6 Å². The lowest BCUT2D eigenvalue weighted by Gasteiger charge is -2.31. The summed E-state index contributed by atoms with van der Waals surface area (Å²) in [6.45, 7) is 3.86. The third-order valence-corrected chi connectivity index (χ3v) is 3.86. The van der Waals surface area contributed by atoms with Crippen LogP contribution >= 0.6 is 0 Å². The lowest BCUT2D eigenvalue weighted by molar-refractivity contribution is 0.0398. The van der Waals surface area contributed by atoms with E-state index in [0.717, 1.165) is 44.6 Å². The van der Waals surface area contributed by atoms with Crippen molar-refractivity contribution in [2.75, 3.05) is 33.4 Å². The van der Waals surface area contributed by atoms with Crippen LogP contribution < -0.4 is 4.74 Å². The topological polar surface area (TPSA) is 59.0 Å². The quantitative estimate of drug-likeness (QED) is 0.781. The van der Waals surface area contributed by atoms with Gasteiger partial charge in [-0.2, -0.15) is 0 Å². The van der Waals surface area contributed by atoms with Crippen LogP contribution in [0.5, 0.6) is 5.75 Å². The second-order valence-electron chi connectivity index (χ2n) is 5.31. The van der Waals surface area contributed by atoms with Crippen LogP contribution in [0.4, 0.5) is 0 Å². The first kappa shape index (κ1) is 15.8. The van der Waals surface area contributed by atoms with Gasteiger partial charge in [0.05, 0.1) is 18.3 Å². The fourth-order valence-electron chi connectivity index (χ4n) is 2.54. The van der Waals surface area contributed by atoms with Crippen molar-refractivity contribution < 1.29 is 19.4 Å². The molecule has 2 rings (SSSR count). The first-order chi connectivity index (χ1) is 10.2. The Bertz CT molecular complexity index is 438. The Morgan fingerprint density at radius 2 is 1.95 bits per heavy atom. The Morgan fingerprint density at radius 1 is 1.29 bits per heavy atom. The highest BCUT2D eigenvalue weighted by Crippen LogP contribution is 2.14. The molecule has 1 aliphatic rings. The number of rotatable bonds is 7. The van der Waals surface area contributed by atoms with Gasteiger partial charge in [-0.25, -0.2) is 4.79 Å². The highest BCUT2D eigenvalue weighted by Gasteiger charge is 2.17. The zero-order valence-electron chi connectivity index (χ0n) is 12.5. The summed E-state index contributed by atoms with van der Waals surface area (Å²) in [6, 6.07) is 6.53. The molecule has 0 radical (unpaired) electrons. The summed E-state index contributed by atoms with van der Waals surface area (Å²) in [4.78, 5) is 13.2. The van der Waals surface area contributed by atoms with Gasteiger partial charge in [-0.1, -0.05) is 0 Å². The second kappa shape index (κ2) is 8.00. The molecular formula is C16H23NO4. The lowest BCUT2D eigenvalue weighted by Crippen LogP contribution is -2.37. The number of aromatic carboxylic acids is 1. The van der Waals surface area contributed by atoms with Gasteiger partial charge in [-0.3, -0.25) is 0 Å². The molecule has 21 heavy (non-hydrogen) atoms. The zero-order valence-corrected chi connectivity index (χ0v) is 12.5. The molecule has 1 fully saturated rings. The number of hydrogen-bond donors (Lipinski definition) is 1. The SMILES string of the molecule is COC1CCN(CCCOc2ccc(C(=O)O)cc2)CC1. The van der Waals surface area contributed by atoms with Gasteiger partial charge in [0.2, 0.25) is 0 Å². The average molecular weight is 293 g/mol. The molecule has 1 aromatic carbocycles. The van der Waals surface area contributed by atoms with Gasteiger partial charge in [-0.05, 0) is 43.5 Å². The molecule has 0 bridgehead atoms. The molecule has 0 aliphatic carbocycles. The zero-order chi connectivity index (χ0) is 15.1. The molecule has 5 heteroatoms. The van der Waals surface area contributed by atoms with Gasteiger partial charge >= 0.3 is 5.97 Å². The number of methoxy groups -OCH3 is 1. The summed E-state index contributed by atoms with van der Waals surface area (Å²) in [5.74, 6) is -0.195. The van der Waals surface area contributed by atoms with Crippen molar-refractivity contribution in [1.29, 1.82) is 0 Å². The van der Waals surface area contributed by atoms with E-state index in [9.17, 15) is 4.79 Å². The van der Waals surface area contributed by atoms with E-state index < -0.39 is 5.97 Å². The Labute approximate surface area is 125 Å². The maximum atomic E-state index is 10.7. The standard InChI is InChI=1S/C16H23NO4/c1-20-14-7-10-17(11-8-14)9-2-12-21-15-5-3-13(4-6-15)16(18)19/h3-6,14H,2,7-12H2,1H3,(H,18,19). The molecule has 1 saturated heterocycles. The van der Waals surface area contributed by atoms with Crippen LogP contribution in [0.3, 0.4) is 0 Å². The summed E-state index contributed by atoms with van der Waals surface area (Å²) >= 11 is 0. The van der Waals surface area contributed by atoms with E-state index in [1.54, 1.807) is 31.4 Å². The molecule has 0 spiro atoms. The fraction of sp³-hybridized carbons (Fsp3) is 0.562. The van der Waals surface area contributed by atoms with E-state index in [-0.39, 0.29) is 5.56 Å². The van der Waals surface area contributed by atoms with Gasteiger partial charge in [0.15, 0.2) is 0 Å². The van der Waals surface area contributed by atoms with E-state index in [0.29, 0.717) is 12.7 Å². The number of benzene rings is 1. The van der Waals surface area contributed by atoms with Crippen LogP contribution in [0.25, 0.3) is 0 Å². The molecular weight excluding hydrogens is 270 g/mol. The minimum atomic E-state index is -0.916. The molecule has 1 aliphatic heterocycles. The van der Waals surface area contributed by atoms with Crippen molar-refractivity contribution in [3.63, 3.8) is 0 Å². The first-order valence-electron chi connectivity index (χ1n) is 7.40. The lowest BCUT2D eigenvalue weighted by atomic mass is 10.1. The van der Waals surface area contributed by atoms with Crippen LogP contribution in [0, 0.1) is 0 Å². The van der Waals surface area contributed by atoms with Crippen molar-refractivity contribution >= 4 is 5.97 Å². The van der Waals surface area contributed by atoms with Crippen LogP contribution in [0.2, 0.25) is 0 Å². The number of piperidine rings is 1. The smallest absolute Gasteiger partial charge is 0.335 e. The second-order valence-corrected chi connectivity index (χ2v) is 5.31. The number of carboxylic acids is 1. The Balaban J connectivity index is 1.62. The van der Waals surface area contributed by atoms with Crippen molar-refractivity contribution in [3.8, 4) is 5.75 Å². The predicted molar refractivity (Wildman–Crippen MR) is 80.0 cm³/mol. The highest BCUT2D eigenvalue weighted by molar-refractivity contribution is 5.87. The Kier molecular flexibility index (Phi) is 6.02. The molecule has 1 heterocycles. The molecule has 0 amide bonds. The molecule has 0 saturated carbocycles. The molecule has 0 unspecified atom stereocenters. The van der Waals surface area contributed by atoms with Crippen LogP contribution in [-0.2, 0) is 4.74 Å². The maximum Gasteiger partial charge on any atom is 0.335 e. The summed E-state index contributed by atoms with van der Waals surface area (Å²) < 4.78 is 11.0. The van der Waals surface area contributed by atoms with Crippen LogP contribution in [-0.4, -0.2) is 55.4 Å².